The second-order valence-electron chi connectivity index (χ2n) is 5.73. The molecule has 3 heteroatoms. The van der Waals surface area contributed by atoms with E-state index in [1.54, 1.807) is 0 Å². The Hall–Kier alpha value is -0.120. The van der Waals surface area contributed by atoms with Gasteiger partial charge >= 0.3 is 0 Å². The molecule has 0 radical (unpaired) electrons. The molecule has 1 heterocycles. The van der Waals surface area contributed by atoms with Crippen LogP contribution in [-0.2, 0) is 0 Å². The fourth-order valence-electron chi connectivity index (χ4n) is 3.24. The summed E-state index contributed by atoms with van der Waals surface area (Å²) >= 11 is 0. The fraction of sp³-hybridized carbons (Fsp3) is 1.00. The van der Waals surface area contributed by atoms with Gasteiger partial charge in [0.1, 0.15) is 0 Å². The lowest BCUT2D eigenvalue weighted by Gasteiger charge is -2.35. The molecule has 94 valence electrons. The largest absolute Gasteiger partial charge is 0.393 e. The molecule has 3 N–H and O–H groups in total. The maximum absolute atomic E-state index is 9.55. The van der Waals surface area contributed by atoms with Crippen LogP contribution in [0.3, 0.4) is 0 Å². The Bertz CT molecular complexity index is 212. The van der Waals surface area contributed by atoms with Gasteiger partial charge in [0.05, 0.1) is 6.10 Å². The molecule has 2 aliphatic rings. The molecule has 0 bridgehead atoms. The van der Waals surface area contributed by atoms with Gasteiger partial charge in [-0.05, 0) is 57.5 Å². The number of hydrogen-bond donors (Lipinski definition) is 2. The molecule has 2 fully saturated rings. The minimum atomic E-state index is -0.129. The first kappa shape index (κ1) is 12.3. The Morgan fingerprint density at radius 2 is 1.94 bits per heavy atom. The van der Waals surface area contributed by atoms with Gasteiger partial charge in [-0.25, -0.2) is 0 Å². The second-order valence-corrected chi connectivity index (χ2v) is 5.73. The molecule has 1 saturated carbocycles. The van der Waals surface area contributed by atoms with E-state index in [0.717, 1.165) is 31.8 Å². The SMILES string of the molecule is CC(O)C1CCN(CC2CCCC2N)CC1. The standard InChI is InChI=1S/C13H26N2O/c1-10(16)11-5-7-15(8-6-11)9-12-3-2-4-13(12)14/h10-13,16H,2-9,14H2,1H3. The van der Waals surface area contributed by atoms with Gasteiger partial charge < -0.3 is 15.7 Å². The van der Waals surface area contributed by atoms with Crippen LogP contribution in [0.4, 0.5) is 0 Å². The van der Waals surface area contributed by atoms with E-state index >= 15 is 0 Å². The van der Waals surface area contributed by atoms with E-state index in [4.69, 9.17) is 5.73 Å². The van der Waals surface area contributed by atoms with Crippen LogP contribution in [0.5, 0.6) is 0 Å². The van der Waals surface area contributed by atoms with Crippen molar-refractivity contribution in [2.45, 2.75) is 51.2 Å². The van der Waals surface area contributed by atoms with Crippen molar-refractivity contribution in [2.24, 2.45) is 17.6 Å². The highest BCUT2D eigenvalue weighted by Crippen LogP contribution is 2.27. The van der Waals surface area contributed by atoms with Crippen molar-refractivity contribution >= 4 is 0 Å². The molecule has 0 aromatic heterocycles. The first-order chi connectivity index (χ1) is 7.66. The van der Waals surface area contributed by atoms with E-state index in [2.05, 4.69) is 4.90 Å². The number of nitrogens with two attached hydrogens (primary N) is 1. The number of piperidine rings is 1. The normalized spacial score (nSPS) is 35.4. The number of aliphatic hydroxyl groups excluding tert-OH is 1. The van der Waals surface area contributed by atoms with Crippen LogP contribution in [0.25, 0.3) is 0 Å². The van der Waals surface area contributed by atoms with Gasteiger partial charge in [0.15, 0.2) is 0 Å². The van der Waals surface area contributed by atoms with E-state index in [-0.39, 0.29) is 6.10 Å². The zero-order chi connectivity index (χ0) is 11.5. The van der Waals surface area contributed by atoms with Gasteiger partial charge in [-0.2, -0.15) is 0 Å². The molecule has 0 spiro atoms. The van der Waals surface area contributed by atoms with Crippen LogP contribution in [0.1, 0.15) is 39.0 Å². The van der Waals surface area contributed by atoms with Crippen LogP contribution in [0, 0.1) is 11.8 Å². The van der Waals surface area contributed by atoms with Gasteiger partial charge in [-0.15, -0.1) is 0 Å². The average molecular weight is 226 g/mol. The van der Waals surface area contributed by atoms with Crippen molar-refractivity contribution in [1.82, 2.24) is 4.90 Å². The summed E-state index contributed by atoms with van der Waals surface area (Å²) in [5.74, 6) is 1.25. The van der Waals surface area contributed by atoms with E-state index in [1.807, 2.05) is 6.92 Å². The Morgan fingerprint density at radius 3 is 2.44 bits per heavy atom. The molecule has 1 saturated heterocycles. The van der Waals surface area contributed by atoms with E-state index in [0.29, 0.717) is 12.0 Å². The smallest absolute Gasteiger partial charge is 0.0541 e. The number of aliphatic hydroxyl groups is 1. The third-order valence-electron chi connectivity index (χ3n) is 4.53. The molecule has 3 atom stereocenters. The van der Waals surface area contributed by atoms with E-state index in [9.17, 15) is 5.11 Å². The Labute approximate surface area is 99.0 Å². The van der Waals surface area contributed by atoms with Crippen LogP contribution in [-0.4, -0.2) is 41.8 Å². The highest BCUT2D eigenvalue weighted by Gasteiger charge is 2.28. The fourth-order valence-corrected chi connectivity index (χ4v) is 3.24. The summed E-state index contributed by atoms with van der Waals surface area (Å²) in [5.41, 5.74) is 6.11. The molecule has 0 amide bonds. The Morgan fingerprint density at radius 1 is 1.25 bits per heavy atom. The monoisotopic (exact) mass is 226 g/mol. The van der Waals surface area contributed by atoms with Crippen molar-refractivity contribution in [3.05, 3.63) is 0 Å². The lowest BCUT2D eigenvalue weighted by Crippen LogP contribution is -2.42. The summed E-state index contributed by atoms with van der Waals surface area (Å²) in [6.45, 7) is 5.42. The van der Waals surface area contributed by atoms with Crippen molar-refractivity contribution in [3.63, 3.8) is 0 Å². The molecule has 16 heavy (non-hydrogen) atoms. The third kappa shape index (κ3) is 2.96. The topological polar surface area (TPSA) is 49.5 Å². The summed E-state index contributed by atoms with van der Waals surface area (Å²) in [5, 5.41) is 9.55. The molecule has 0 aromatic carbocycles. The summed E-state index contributed by atoms with van der Waals surface area (Å²) in [4.78, 5) is 2.55. The highest BCUT2D eigenvalue weighted by molar-refractivity contribution is 4.84. The maximum Gasteiger partial charge on any atom is 0.0541 e. The highest BCUT2D eigenvalue weighted by atomic mass is 16.3. The van der Waals surface area contributed by atoms with Crippen LogP contribution in [0.15, 0.2) is 0 Å². The lowest BCUT2D eigenvalue weighted by molar-refractivity contribution is 0.0659. The third-order valence-corrected chi connectivity index (χ3v) is 4.53. The Kier molecular flexibility index (Phi) is 4.22. The molecule has 1 aliphatic heterocycles. The van der Waals surface area contributed by atoms with Crippen LogP contribution in [0.2, 0.25) is 0 Å². The van der Waals surface area contributed by atoms with Crippen molar-refractivity contribution < 1.29 is 5.11 Å². The maximum atomic E-state index is 9.55. The molecular weight excluding hydrogens is 200 g/mol. The predicted octanol–water partition coefficient (Wildman–Crippen LogP) is 1.21. The van der Waals surface area contributed by atoms with Crippen LogP contribution >= 0.6 is 0 Å². The van der Waals surface area contributed by atoms with Gasteiger partial charge in [0, 0.05) is 12.6 Å². The number of hydrogen-bond acceptors (Lipinski definition) is 3. The summed E-state index contributed by atoms with van der Waals surface area (Å²) in [6, 6.07) is 0.439. The van der Waals surface area contributed by atoms with Gasteiger partial charge in [-0.1, -0.05) is 6.42 Å². The first-order valence-electron chi connectivity index (χ1n) is 6.83. The summed E-state index contributed by atoms with van der Waals surface area (Å²) < 4.78 is 0. The number of rotatable bonds is 3. The first-order valence-corrected chi connectivity index (χ1v) is 6.83. The molecule has 0 aromatic rings. The van der Waals surface area contributed by atoms with Crippen molar-refractivity contribution in [1.29, 1.82) is 0 Å². The summed E-state index contributed by atoms with van der Waals surface area (Å²) in [7, 11) is 0. The molecule has 3 unspecified atom stereocenters. The number of nitrogens with zero attached hydrogens (tertiary/aromatic N) is 1. The second kappa shape index (κ2) is 5.48. The number of likely N-dealkylation sites (tertiary alicyclic amines) is 1. The zero-order valence-corrected chi connectivity index (χ0v) is 10.4. The Balaban J connectivity index is 1.72. The van der Waals surface area contributed by atoms with E-state index in [1.165, 1.54) is 25.8 Å². The van der Waals surface area contributed by atoms with Crippen molar-refractivity contribution in [2.75, 3.05) is 19.6 Å². The summed E-state index contributed by atoms with van der Waals surface area (Å²) in [6.07, 6.45) is 6.03. The van der Waals surface area contributed by atoms with Crippen molar-refractivity contribution in [3.8, 4) is 0 Å². The van der Waals surface area contributed by atoms with E-state index < -0.39 is 0 Å². The van der Waals surface area contributed by atoms with Gasteiger partial charge in [0.25, 0.3) is 0 Å². The molecule has 1 aliphatic carbocycles. The zero-order valence-electron chi connectivity index (χ0n) is 10.4. The lowest BCUT2D eigenvalue weighted by atomic mass is 9.91. The molecule has 2 rings (SSSR count). The minimum Gasteiger partial charge on any atom is -0.393 e. The van der Waals surface area contributed by atoms with Gasteiger partial charge in [0.2, 0.25) is 0 Å². The molecule has 3 nitrogen and oxygen atoms in total. The average Bonchev–Trinajstić information content (AvgIpc) is 2.65. The van der Waals surface area contributed by atoms with Gasteiger partial charge in [-0.3, -0.25) is 0 Å². The molecular formula is C13H26N2O. The predicted molar refractivity (Wildman–Crippen MR) is 66.2 cm³/mol. The van der Waals surface area contributed by atoms with Crippen LogP contribution < -0.4 is 5.73 Å². The quantitative estimate of drug-likeness (QED) is 0.760. The minimum absolute atomic E-state index is 0.129.